The van der Waals surface area contributed by atoms with E-state index in [1.165, 1.54) is 10.0 Å². The summed E-state index contributed by atoms with van der Waals surface area (Å²) in [5.41, 5.74) is 2.49. The second-order valence-electron chi connectivity index (χ2n) is 9.13. The Morgan fingerprint density at radius 3 is 1.50 bits per heavy atom. The van der Waals surface area contributed by atoms with Crippen LogP contribution in [0.15, 0.2) is 91.0 Å². The van der Waals surface area contributed by atoms with Crippen LogP contribution in [-0.4, -0.2) is 29.2 Å². The summed E-state index contributed by atoms with van der Waals surface area (Å²) in [7, 11) is 0. The monoisotopic (exact) mass is 463 g/mol. The van der Waals surface area contributed by atoms with Crippen LogP contribution in [0.3, 0.4) is 0 Å². The molecule has 3 fully saturated rings. The van der Waals surface area contributed by atoms with Crippen LogP contribution >= 0.6 is 0 Å². The van der Waals surface area contributed by atoms with Crippen molar-refractivity contribution in [3.63, 3.8) is 0 Å². The highest BCUT2D eigenvalue weighted by atomic mass is 79.9. The summed E-state index contributed by atoms with van der Waals surface area (Å²) in [5.74, 6) is 0. The summed E-state index contributed by atoms with van der Waals surface area (Å²) >= 11 is 0. The second-order valence-corrected chi connectivity index (χ2v) is 9.13. The average Bonchev–Trinajstić information content (AvgIpc) is 2.81. The van der Waals surface area contributed by atoms with Gasteiger partial charge in [-0.1, -0.05) is 91.0 Å². The van der Waals surface area contributed by atoms with Gasteiger partial charge in [0.2, 0.25) is 0 Å². The molecule has 3 aromatic rings. The fourth-order valence-corrected chi connectivity index (χ4v) is 5.95. The third-order valence-corrected chi connectivity index (χ3v) is 7.71. The number of fused-ring (bicyclic) bond motifs is 3. The first-order valence-electron chi connectivity index (χ1n) is 10.9. The topological polar surface area (TPSA) is 20.2 Å². The minimum atomic E-state index is -0.932. The normalized spacial score (nSPS) is 25.5. The summed E-state index contributed by atoms with van der Waals surface area (Å²) in [6.07, 6.45) is 3.21. The van der Waals surface area contributed by atoms with Crippen molar-refractivity contribution in [2.24, 2.45) is 5.41 Å². The van der Waals surface area contributed by atoms with E-state index in [1.54, 1.807) is 0 Å². The van der Waals surface area contributed by atoms with Gasteiger partial charge >= 0.3 is 0 Å². The highest BCUT2D eigenvalue weighted by molar-refractivity contribution is 5.39. The number of quaternary nitrogens is 1. The number of rotatable bonds is 5. The summed E-state index contributed by atoms with van der Waals surface area (Å²) in [5, 5.41) is 12.4. The molecule has 2 bridgehead atoms. The zero-order valence-corrected chi connectivity index (χ0v) is 19.0. The molecular weight excluding hydrogens is 434 g/mol. The lowest BCUT2D eigenvalue weighted by molar-refractivity contribution is -0.958. The van der Waals surface area contributed by atoms with E-state index in [-0.39, 0.29) is 22.4 Å². The van der Waals surface area contributed by atoms with Gasteiger partial charge in [0.1, 0.15) is 12.1 Å². The Morgan fingerprint density at radius 1 is 0.667 bits per heavy atom. The maximum absolute atomic E-state index is 12.4. The molecule has 3 aromatic carbocycles. The Morgan fingerprint density at radius 2 is 1.07 bits per heavy atom. The molecule has 6 rings (SSSR count). The fraction of sp³-hybridized carbons (Fsp3) is 0.333. The first-order valence-corrected chi connectivity index (χ1v) is 10.9. The summed E-state index contributed by atoms with van der Waals surface area (Å²) in [6, 6.07) is 31.6. The van der Waals surface area contributed by atoms with E-state index in [0.717, 1.165) is 56.6 Å². The molecule has 0 aliphatic carbocycles. The van der Waals surface area contributed by atoms with Crippen molar-refractivity contribution in [3.05, 3.63) is 108 Å². The molecule has 2 nitrogen and oxygen atoms in total. The molecule has 3 aliphatic rings. The number of hydrogen-bond donors (Lipinski definition) is 1. The zero-order chi connectivity index (χ0) is 19.8. The van der Waals surface area contributed by atoms with Crippen LogP contribution in [0.4, 0.5) is 0 Å². The molecule has 3 heterocycles. The Bertz CT molecular complexity index is 894. The van der Waals surface area contributed by atoms with Gasteiger partial charge < -0.3 is 26.6 Å². The average molecular weight is 464 g/mol. The molecule has 3 saturated heterocycles. The van der Waals surface area contributed by atoms with E-state index in [0.29, 0.717) is 0 Å². The van der Waals surface area contributed by atoms with E-state index in [2.05, 4.69) is 78.9 Å². The number of nitrogens with zero attached hydrogens (tertiary/aromatic N) is 1. The third kappa shape index (κ3) is 3.43. The molecule has 0 aromatic heterocycles. The number of hydrogen-bond acceptors (Lipinski definition) is 1. The molecule has 3 aliphatic heterocycles. The quantitative estimate of drug-likeness (QED) is 0.574. The molecule has 1 N–H and O–H groups in total. The summed E-state index contributed by atoms with van der Waals surface area (Å²) in [4.78, 5) is 0. The van der Waals surface area contributed by atoms with Crippen LogP contribution in [-0.2, 0) is 12.1 Å². The van der Waals surface area contributed by atoms with E-state index < -0.39 is 5.60 Å². The Labute approximate surface area is 190 Å². The largest absolute Gasteiger partial charge is 1.00 e. The lowest BCUT2D eigenvalue weighted by Crippen LogP contribution is -3.00. The van der Waals surface area contributed by atoms with E-state index >= 15 is 0 Å². The second kappa shape index (κ2) is 8.30. The van der Waals surface area contributed by atoms with Crippen molar-refractivity contribution in [3.8, 4) is 0 Å². The molecule has 156 valence electrons. The Balaban J connectivity index is 0.00000218. The van der Waals surface area contributed by atoms with Crippen LogP contribution in [0, 0.1) is 5.41 Å². The minimum absolute atomic E-state index is 0. The van der Waals surface area contributed by atoms with Gasteiger partial charge in [0.15, 0.2) is 0 Å². The molecule has 0 spiro atoms. The van der Waals surface area contributed by atoms with Gasteiger partial charge in [-0.25, -0.2) is 0 Å². The van der Waals surface area contributed by atoms with Gasteiger partial charge in [0.25, 0.3) is 0 Å². The third-order valence-electron chi connectivity index (χ3n) is 7.71. The van der Waals surface area contributed by atoms with Crippen molar-refractivity contribution in [2.75, 3.05) is 19.6 Å². The number of benzene rings is 3. The van der Waals surface area contributed by atoms with Gasteiger partial charge in [0, 0.05) is 30.2 Å². The van der Waals surface area contributed by atoms with E-state index in [9.17, 15) is 5.11 Å². The maximum atomic E-state index is 12.4. The summed E-state index contributed by atoms with van der Waals surface area (Å²) < 4.78 is 1.17. The molecule has 0 saturated carbocycles. The summed E-state index contributed by atoms with van der Waals surface area (Å²) in [6.45, 7) is 4.57. The molecule has 0 radical (unpaired) electrons. The predicted molar refractivity (Wildman–Crippen MR) is 117 cm³/mol. The zero-order valence-electron chi connectivity index (χ0n) is 17.4. The van der Waals surface area contributed by atoms with E-state index in [1.807, 2.05) is 12.1 Å². The maximum Gasteiger partial charge on any atom is 0.121 e. The lowest BCUT2D eigenvalue weighted by Gasteiger charge is -2.60. The molecule has 0 unspecified atom stereocenters. The Kier molecular flexibility index (Phi) is 5.89. The van der Waals surface area contributed by atoms with E-state index in [4.69, 9.17) is 0 Å². The Hall–Kier alpha value is -1.94. The van der Waals surface area contributed by atoms with Crippen LogP contribution in [0.5, 0.6) is 0 Å². The van der Waals surface area contributed by atoms with Crippen molar-refractivity contribution in [1.82, 2.24) is 0 Å². The van der Waals surface area contributed by atoms with Crippen LogP contribution < -0.4 is 17.0 Å². The van der Waals surface area contributed by atoms with Crippen LogP contribution in [0.25, 0.3) is 0 Å². The smallest absolute Gasteiger partial charge is 0.121 e. The molecule has 0 atom stereocenters. The van der Waals surface area contributed by atoms with Crippen molar-refractivity contribution in [1.29, 1.82) is 0 Å². The van der Waals surface area contributed by atoms with Crippen LogP contribution in [0.2, 0.25) is 0 Å². The van der Waals surface area contributed by atoms with Crippen molar-refractivity contribution < 1.29 is 26.6 Å². The predicted octanol–water partition coefficient (Wildman–Crippen LogP) is 2.13. The first kappa shape index (κ1) is 21.3. The van der Waals surface area contributed by atoms with Crippen LogP contribution in [0.1, 0.15) is 36.0 Å². The van der Waals surface area contributed by atoms with Gasteiger partial charge in [-0.15, -0.1) is 0 Å². The molecule has 0 amide bonds. The highest BCUT2D eigenvalue weighted by Crippen LogP contribution is 2.57. The SMILES string of the molecule is OC(c1ccccc1)(c1ccccc1)C12CC[N+](Cc3ccccc3)(CC1)CC2.[Br-]. The standard InChI is InChI=1S/C27H30NO.BrH/c29-27(24-12-6-2-7-13-24,25-14-8-3-9-15-25)26-16-19-28(20-17-26,21-18-26)22-23-10-4-1-5-11-23;/h1-15,29H,16-22H2;1H/q+1;/p-1. The van der Waals surface area contributed by atoms with Gasteiger partial charge in [-0.05, 0) is 11.1 Å². The van der Waals surface area contributed by atoms with Gasteiger partial charge in [0.05, 0.1) is 19.6 Å². The minimum Gasteiger partial charge on any atom is -1.00 e. The molecule has 30 heavy (non-hydrogen) atoms. The highest BCUT2D eigenvalue weighted by Gasteiger charge is 2.60. The first-order chi connectivity index (χ1) is 14.2. The van der Waals surface area contributed by atoms with Crippen molar-refractivity contribution in [2.45, 2.75) is 31.4 Å². The van der Waals surface area contributed by atoms with Crippen molar-refractivity contribution >= 4 is 0 Å². The van der Waals surface area contributed by atoms with Gasteiger partial charge in [-0.2, -0.15) is 0 Å². The molecule has 3 heteroatoms. The number of aliphatic hydroxyl groups is 1. The number of piperidine rings is 3. The number of halogens is 1. The fourth-order valence-electron chi connectivity index (χ4n) is 5.95. The molecular formula is C27H30BrNO. The lowest BCUT2D eigenvalue weighted by atomic mass is 9.56. The van der Waals surface area contributed by atoms with Gasteiger partial charge in [-0.3, -0.25) is 0 Å².